The topological polar surface area (TPSA) is 35.6 Å². The molecule has 5 heteroatoms. The molecule has 0 saturated carbocycles. The number of urea groups is 1. The fraction of sp³-hybridized carbons (Fsp3) is 0.462. The van der Waals surface area contributed by atoms with Gasteiger partial charge >= 0.3 is 6.03 Å². The van der Waals surface area contributed by atoms with Crippen molar-refractivity contribution in [3.63, 3.8) is 0 Å². The number of rotatable bonds is 1. The summed E-state index contributed by atoms with van der Waals surface area (Å²) in [5.41, 5.74) is 0.514. The second-order valence-corrected chi connectivity index (χ2v) is 4.88. The molecule has 0 radical (unpaired) electrons. The molecule has 1 aromatic rings. The number of nitrogens with zero attached hydrogens (tertiary/aromatic N) is 2. The molecule has 2 atom stereocenters. The molecule has 1 aromatic carbocycles. The molecule has 18 heavy (non-hydrogen) atoms. The molecule has 0 aliphatic carbocycles. The van der Waals surface area contributed by atoms with Gasteiger partial charge in [-0.05, 0) is 24.6 Å². The lowest BCUT2D eigenvalue weighted by Gasteiger charge is -2.34. The zero-order valence-electron chi connectivity index (χ0n) is 10.1. The summed E-state index contributed by atoms with van der Waals surface area (Å²) in [6, 6.07) is 6.19. The van der Waals surface area contributed by atoms with Gasteiger partial charge in [0.15, 0.2) is 0 Å². The standard InChI is InChI=1S/C13H16FN3O/c14-10-2-1-3-11(8-10)15-13(18)17-7-6-16-5-4-12(17)9-16/h1-3,8,12H,4-7,9H2,(H,15,18). The van der Waals surface area contributed by atoms with Crippen molar-refractivity contribution < 1.29 is 9.18 Å². The van der Waals surface area contributed by atoms with Crippen LogP contribution in [0.3, 0.4) is 0 Å². The molecule has 2 aliphatic rings. The quantitative estimate of drug-likeness (QED) is 0.823. The number of hydrogen-bond donors (Lipinski definition) is 1. The number of hydrogen-bond acceptors (Lipinski definition) is 2. The van der Waals surface area contributed by atoms with E-state index in [0.29, 0.717) is 11.7 Å². The lowest BCUT2D eigenvalue weighted by Crippen LogP contribution is -2.51. The van der Waals surface area contributed by atoms with Crippen LogP contribution in [0, 0.1) is 5.82 Å². The molecule has 4 nitrogen and oxygen atoms in total. The van der Waals surface area contributed by atoms with Crippen molar-refractivity contribution in [2.24, 2.45) is 0 Å². The number of fused-ring (bicyclic) bond motifs is 2. The van der Waals surface area contributed by atoms with Crippen LogP contribution in [0.25, 0.3) is 0 Å². The number of halogens is 1. The normalized spacial score (nSPS) is 26.2. The van der Waals surface area contributed by atoms with Crippen LogP contribution in [0.5, 0.6) is 0 Å². The van der Waals surface area contributed by atoms with Crippen molar-refractivity contribution in [1.29, 1.82) is 0 Å². The maximum Gasteiger partial charge on any atom is 0.322 e. The molecule has 0 aromatic heterocycles. The predicted molar refractivity (Wildman–Crippen MR) is 67.0 cm³/mol. The Hall–Kier alpha value is -1.62. The first-order chi connectivity index (χ1) is 8.72. The molecular formula is C13H16FN3O. The van der Waals surface area contributed by atoms with Crippen molar-refractivity contribution in [3.05, 3.63) is 30.1 Å². The fourth-order valence-corrected chi connectivity index (χ4v) is 2.73. The molecule has 1 N–H and O–H groups in total. The van der Waals surface area contributed by atoms with Crippen LogP contribution in [0.2, 0.25) is 0 Å². The van der Waals surface area contributed by atoms with E-state index in [9.17, 15) is 9.18 Å². The summed E-state index contributed by atoms with van der Waals surface area (Å²) in [4.78, 5) is 16.4. The van der Waals surface area contributed by atoms with Gasteiger partial charge in [0.2, 0.25) is 0 Å². The second-order valence-electron chi connectivity index (χ2n) is 4.88. The molecule has 2 fully saturated rings. The first-order valence-corrected chi connectivity index (χ1v) is 6.28. The Morgan fingerprint density at radius 2 is 2.22 bits per heavy atom. The van der Waals surface area contributed by atoms with Gasteiger partial charge in [0, 0.05) is 37.9 Å². The van der Waals surface area contributed by atoms with Crippen molar-refractivity contribution >= 4 is 11.7 Å². The third kappa shape index (κ3) is 2.18. The van der Waals surface area contributed by atoms with E-state index in [1.54, 1.807) is 12.1 Å². The summed E-state index contributed by atoms with van der Waals surface area (Å²) >= 11 is 0. The molecule has 2 unspecified atom stereocenters. The number of anilines is 1. The third-order valence-corrected chi connectivity index (χ3v) is 3.68. The Bertz CT molecular complexity index is 465. The number of nitrogens with one attached hydrogen (secondary N) is 1. The van der Waals surface area contributed by atoms with E-state index in [1.807, 2.05) is 4.90 Å². The summed E-state index contributed by atoms with van der Waals surface area (Å²) in [7, 11) is 0. The molecule has 2 heterocycles. The van der Waals surface area contributed by atoms with Crippen molar-refractivity contribution in [1.82, 2.24) is 9.80 Å². The van der Waals surface area contributed by atoms with Gasteiger partial charge in [-0.25, -0.2) is 9.18 Å². The first-order valence-electron chi connectivity index (χ1n) is 6.28. The maximum atomic E-state index is 13.0. The highest BCUT2D eigenvalue weighted by Gasteiger charge is 2.34. The highest BCUT2D eigenvalue weighted by Crippen LogP contribution is 2.21. The van der Waals surface area contributed by atoms with Gasteiger partial charge in [0.05, 0.1) is 0 Å². The number of amides is 2. The van der Waals surface area contributed by atoms with E-state index in [0.717, 1.165) is 32.6 Å². The summed E-state index contributed by atoms with van der Waals surface area (Å²) in [5.74, 6) is -0.335. The van der Waals surface area contributed by atoms with Gasteiger partial charge in [0.1, 0.15) is 5.82 Å². The fourth-order valence-electron chi connectivity index (χ4n) is 2.73. The van der Waals surface area contributed by atoms with Crippen LogP contribution >= 0.6 is 0 Å². The Labute approximate surface area is 105 Å². The smallest absolute Gasteiger partial charge is 0.319 e. The van der Waals surface area contributed by atoms with Crippen molar-refractivity contribution in [2.75, 3.05) is 31.5 Å². The summed E-state index contributed by atoms with van der Waals surface area (Å²) in [6.07, 6.45) is 1.04. The van der Waals surface area contributed by atoms with Gasteiger partial charge in [-0.1, -0.05) is 6.07 Å². The Balaban J connectivity index is 1.68. The molecule has 2 saturated heterocycles. The monoisotopic (exact) mass is 249 g/mol. The van der Waals surface area contributed by atoms with Gasteiger partial charge in [-0.15, -0.1) is 0 Å². The van der Waals surface area contributed by atoms with Crippen LogP contribution in [0.15, 0.2) is 24.3 Å². The van der Waals surface area contributed by atoms with Crippen LogP contribution in [0.1, 0.15) is 6.42 Å². The molecule has 96 valence electrons. The van der Waals surface area contributed by atoms with E-state index in [-0.39, 0.29) is 11.8 Å². The minimum absolute atomic E-state index is 0.118. The molecule has 2 bridgehead atoms. The van der Waals surface area contributed by atoms with E-state index >= 15 is 0 Å². The lowest BCUT2D eigenvalue weighted by atomic mass is 10.2. The zero-order valence-corrected chi connectivity index (χ0v) is 10.1. The molecule has 2 aliphatic heterocycles. The summed E-state index contributed by atoms with van der Waals surface area (Å²) < 4.78 is 13.0. The van der Waals surface area contributed by atoms with Crippen LogP contribution < -0.4 is 5.32 Å². The second kappa shape index (κ2) is 4.57. The average molecular weight is 249 g/mol. The molecule has 2 amide bonds. The highest BCUT2D eigenvalue weighted by molar-refractivity contribution is 5.89. The van der Waals surface area contributed by atoms with Gasteiger partial charge in [-0.3, -0.25) is 4.90 Å². The molecule has 0 spiro atoms. The van der Waals surface area contributed by atoms with E-state index < -0.39 is 0 Å². The zero-order chi connectivity index (χ0) is 12.5. The number of carbonyl (C=O) groups excluding carboxylic acids is 1. The summed E-state index contributed by atoms with van der Waals surface area (Å²) in [6.45, 7) is 3.74. The molecule has 3 rings (SSSR count). The first kappa shape index (κ1) is 11.5. The average Bonchev–Trinajstić information content (AvgIpc) is 2.71. The molecular weight excluding hydrogens is 233 g/mol. The largest absolute Gasteiger partial charge is 0.322 e. The van der Waals surface area contributed by atoms with Crippen molar-refractivity contribution in [3.8, 4) is 0 Å². The van der Waals surface area contributed by atoms with Gasteiger partial charge < -0.3 is 10.2 Å². The minimum atomic E-state index is -0.335. The van der Waals surface area contributed by atoms with Crippen LogP contribution in [-0.4, -0.2) is 48.1 Å². The number of piperazine rings is 1. The van der Waals surface area contributed by atoms with Gasteiger partial charge in [-0.2, -0.15) is 0 Å². The lowest BCUT2D eigenvalue weighted by molar-refractivity contribution is 0.153. The van der Waals surface area contributed by atoms with Crippen LogP contribution in [0.4, 0.5) is 14.9 Å². The third-order valence-electron chi connectivity index (χ3n) is 3.68. The number of carbonyl (C=O) groups is 1. The van der Waals surface area contributed by atoms with E-state index in [1.165, 1.54) is 12.1 Å². The predicted octanol–water partition coefficient (Wildman–Crippen LogP) is 1.75. The SMILES string of the molecule is O=C(Nc1cccc(F)c1)N1CCN2CCC1C2. The van der Waals surface area contributed by atoms with Crippen molar-refractivity contribution in [2.45, 2.75) is 12.5 Å². The van der Waals surface area contributed by atoms with E-state index in [4.69, 9.17) is 0 Å². The Morgan fingerprint density at radius 1 is 1.33 bits per heavy atom. The van der Waals surface area contributed by atoms with Gasteiger partial charge in [0.25, 0.3) is 0 Å². The van der Waals surface area contributed by atoms with Crippen LogP contribution in [-0.2, 0) is 0 Å². The highest BCUT2D eigenvalue weighted by atomic mass is 19.1. The number of benzene rings is 1. The Morgan fingerprint density at radius 3 is 3.06 bits per heavy atom. The summed E-state index contributed by atoms with van der Waals surface area (Å²) in [5, 5.41) is 2.76. The van der Waals surface area contributed by atoms with E-state index in [2.05, 4.69) is 10.2 Å². The Kier molecular flexibility index (Phi) is 2.91. The maximum absolute atomic E-state index is 13.0. The minimum Gasteiger partial charge on any atom is -0.319 e.